The summed E-state index contributed by atoms with van der Waals surface area (Å²) in [4.78, 5) is 37.3. The van der Waals surface area contributed by atoms with Crippen molar-refractivity contribution in [2.75, 3.05) is 19.6 Å². The van der Waals surface area contributed by atoms with Crippen molar-refractivity contribution >= 4 is 17.5 Å². The van der Waals surface area contributed by atoms with Gasteiger partial charge >= 0.3 is 5.69 Å². The third-order valence-corrected chi connectivity index (χ3v) is 3.22. The summed E-state index contributed by atoms with van der Waals surface area (Å²) in [5, 5.41) is 6.74. The van der Waals surface area contributed by atoms with Crippen LogP contribution in [0.3, 0.4) is 0 Å². The number of hydrogen-bond acceptors (Lipinski definition) is 4. The number of carbonyl (C=O) groups is 2. The van der Waals surface area contributed by atoms with E-state index in [9.17, 15) is 14.4 Å². The van der Waals surface area contributed by atoms with Crippen LogP contribution in [0.2, 0.25) is 0 Å². The second-order valence-electron chi connectivity index (χ2n) is 4.73. The molecule has 22 heavy (non-hydrogen) atoms. The van der Waals surface area contributed by atoms with Crippen LogP contribution in [0.4, 0.5) is 0 Å². The smallest absolute Gasteiger partial charge is 0.350 e. The van der Waals surface area contributed by atoms with Crippen LogP contribution in [0.15, 0.2) is 29.2 Å². The molecule has 2 rings (SSSR count). The lowest BCUT2D eigenvalue weighted by molar-refractivity contribution is -0.136. The number of hydrogen-bond donors (Lipinski definition) is 1. The van der Waals surface area contributed by atoms with Gasteiger partial charge in [-0.15, -0.1) is 5.10 Å². The zero-order valence-corrected chi connectivity index (χ0v) is 12.7. The monoisotopic (exact) mass is 305 g/mol. The van der Waals surface area contributed by atoms with E-state index in [1.54, 1.807) is 31.3 Å². The van der Waals surface area contributed by atoms with E-state index in [1.807, 2.05) is 6.92 Å². The first kappa shape index (κ1) is 15.7. The SMILES string of the molecule is CCNC(=O)CN(CC)C(=O)Cn1nc2ccccn2c1=O. The van der Waals surface area contributed by atoms with Gasteiger partial charge in [0, 0.05) is 19.3 Å². The molecule has 8 heteroatoms. The van der Waals surface area contributed by atoms with Crippen molar-refractivity contribution in [3.8, 4) is 0 Å². The fraction of sp³-hybridized carbons (Fsp3) is 0.429. The number of amides is 2. The average Bonchev–Trinajstić information content (AvgIpc) is 2.82. The molecular weight excluding hydrogens is 286 g/mol. The number of nitrogens with zero attached hydrogens (tertiary/aromatic N) is 4. The Morgan fingerprint density at radius 1 is 1.32 bits per heavy atom. The van der Waals surface area contributed by atoms with E-state index in [-0.39, 0.29) is 30.6 Å². The summed E-state index contributed by atoms with van der Waals surface area (Å²) in [5.74, 6) is -0.542. The number of aromatic nitrogens is 3. The highest BCUT2D eigenvalue weighted by Gasteiger charge is 2.17. The van der Waals surface area contributed by atoms with E-state index in [0.29, 0.717) is 18.7 Å². The highest BCUT2D eigenvalue weighted by molar-refractivity contribution is 5.84. The van der Waals surface area contributed by atoms with Gasteiger partial charge in [-0.05, 0) is 26.0 Å². The van der Waals surface area contributed by atoms with Crippen LogP contribution in [0.1, 0.15) is 13.8 Å². The van der Waals surface area contributed by atoms with Gasteiger partial charge in [-0.2, -0.15) is 0 Å². The lowest BCUT2D eigenvalue weighted by Gasteiger charge is -2.19. The molecule has 2 amide bonds. The van der Waals surface area contributed by atoms with Crippen molar-refractivity contribution in [3.63, 3.8) is 0 Å². The molecule has 0 fully saturated rings. The highest BCUT2D eigenvalue weighted by atomic mass is 16.2. The Balaban J connectivity index is 2.13. The molecule has 0 saturated heterocycles. The summed E-state index contributed by atoms with van der Waals surface area (Å²) in [7, 11) is 0. The molecule has 0 bridgehead atoms. The van der Waals surface area contributed by atoms with E-state index in [2.05, 4.69) is 10.4 Å². The minimum absolute atomic E-state index is 0.0225. The summed E-state index contributed by atoms with van der Waals surface area (Å²) in [5.41, 5.74) is 0.102. The summed E-state index contributed by atoms with van der Waals surface area (Å²) in [6.45, 7) is 4.28. The molecule has 0 unspecified atom stereocenters. The highest BCUT2D eigenvalue weighted by Crippen LogP contribution is 1.97. The first-order valence-electron chi connectivity index (χ1n) is 7.15. The molecule has 2 heterocycles. The van der Waals surface area contributed by atoms with Crippen LogP contribution in [-0.2, 0) is 16.1 Å². The fourth-order valence-corrected chi connectivity index (χ4v) is 2.10. The number of fused-ring (bicyclic) bond motifs is 1. The molecule has 0 saturated carbocycles. The van der Waals surface area contributed by atoms with Gasteiger partial charge in [-0.3, -0.25) is 14.0 Å². The van der Waals surface area contributed by atoms with Gasteiger partial charge in [0.15, 0.2) is 5.65 Å². The van der Waals surface area contributed by atoms with E-state index < -0.39 is 0 Å². The molecule has 118 valence electrons. The second kappa shape index (κ2) is 6.88. The second-order valence-corrected chi connectivity index (χ2v) is 4.73. The van der Waals surface area contributed by atoms with Crippen LogP contribution in [0, 0.1) is 0 Å². The summed E-state index contributed by atoms with van der Waals surface area (Å²) >= 11 is 0. The van der Waals surface area contributed by atoms with E-state index >= 15 is 0 Å². The van der Waals surface area contributed by atoms with Crippen LogP contribution < -0.4 is 11.0 Å². The summed E-state index contributed by atoms with van der Waals surface area (Å²) in [6, 6.07) is 5.17. The van der Waals surface area contributed by atoms with Gasteiger partial charge in [0.25, 0.3) is 0 Å². The number of rotatable bonds is 6. The molecule has 8 nitrogen and oxygen atoms in total. The molecule has 0 atom stereocenters. The Bertz CT molecular complexity index is 733. The summed E-state index contributed by atoms with van der Waals surface area (Å²) < 4.78 is 2.48. The van der Waals surface area contributed by atoms with Gasteiger partial charge in [0.05, 0.1) is 6.54 Å². The normalized spacial score (nSPS) is 10.6. The van der Waals surface area contributed by atoms with Crippen LogP contribution in [0.25, 0.3) is 5.65 Å². The number of carbonyl (C=O) groups excluding carboxylic acids is 2. The molecule has 0 aliphatic rings. The molecule has 0 aromatic carbocycles. The molecule has 2 aromatic heterocycles. The van der Waals surface area contributed by atoms with E-state index in [4.69, 9.17) is 0 Å². The fourth-order valence-electron chi connectivity index (χ4n) is 2.10. The Kier molecular flexibility index (Phi) is 4.92. The molecule has 0 aliphatic carbocycles. The van der Waals surface area contributed by atoms with Gasteiger partial charge < -0.3 is 10.2 Å². The third-order valence-electron chi connectivity index (χ3n) is 3.22. The Labute approximate surface area is 127 Å². The predicted octanol–water partition coefficient (Wildman–Crippen LogP) is -0.519. The maximum Gasteiger partial charge on any atom is 0.350 e. The van der Waals surface area contributed by atoms with Gasteiger partial charge in [-0.1, -0.05) is 6.07 Å². The largest absolute Gasteiger partial charge is 0.355 e. The van der Waals surface area contributed by atoms with Crippen molar-refractivity contribution < 1.29 is 9.59 Å². The van der Waals surface area contributed by atoms with Crippen LogP contribution in [0.5, 0.6) is 0 Å². The lowest BCUT2D eigenvalue weighted by Crippen LogP contribution is -2.43. The minimum atomic E-state index is -0.377. The van der Waals surface area contributed by atoms with E-state index in [0.717, 1.165) is 4.68 Å². The first-order chi connectivity index (χ1) is 10.6. The number of likely N-dealkylation sites (N-methyl/N-ethyl adjacent to an activating group) is 2. The quantitative estimate of drug-likeness (QED) is 0.778. The predicted molar refractivity (Wildman–Crippen MR) is 80.4 cm³/mol. The Hall–Kier alpha value is -2.64. The van der Waals surface area contributed by atoms with Gasteiger partial charge in [-0.25, -0.2) is 9.48 Å². The maximum absolute atomic E-state index is 12.2. The summed E-state index contributed by atoms with van der Waals surface area (Å²) in [6.07, 6.45) is 1.60. The maximum atomic E-state index is 12.2. The minimum Gasteiger partial charge on any atom is -0.355 e. The van der Waals surface area contributed by atoms with Crippen molar-refractivity contribution in [2.45, 2.75) is 20.4 Å². The van der Waals surface area contributed by atoms with Gasteiger partial charge in [0.2, 0.25) is 11.8 Å². The van der Waals surface area contributed by atoms with E-state index in [1.165, 1.54) is 9.30 Å². The standard InChI is InChI=1S/C14H19N5O3/c1-3-15-12(20)9-17(4-2)13(21)10-19-14(22)18-8-6-5-7-11(18)16-19/h5-8H,3-4,9-10H2,1-2H3,(H,15,20). The van der Waals surface area contributed by atoms with Crippen molar-refractivity contribution in [1.82, 2.24) is 24.4 Å². The first-order valence-corrected chi connectivity index (χ1v) is 7.15. The van der Waals surface area contributed by atoms with Crippen LogP contribution in [-0.4, -0.2) is 50.5 Å². The topological polar surface area (TPSA) is 88.7 Å². The zero-order chi connectivity index (χ0) is 16.1. The van der Waals surface area contributed by atoms with Gasteiger partial charge in [0.1, 0.15) is 6.54 Å². The van der Waals surface area contributed by atoms with Crippen LogP contribution >= 0.6 is 0 Å². The third kappa shape index (κ3) is 3.33. The Morgan fingerprint density at radius 3 is 2.73 bits per heavy atom. The number of nitrogens with one attached hydrogen (secondary N) is 1. The molecule has 2 aromatic rings. The van der Waals surface area contributed by atoms with Crippen molar-refractivity contribution in [3.05, 3.63) is 34.9 Å². The van der Waals surface area contributed by atoms with Crippen molar-refractivity contribution in [2.24, 2.45) is 0 Å². The number of pyridine rings is 1. The van der Waals surface area contributed by atoms with Crippen molar-refractivity contribution in [1.29, 1.82) is 0 Å². The zero-order valence-electron chi connectivity index (χ0n) is 12.7. The average molecular weight is 305 g/mol. The molecule has 0 spiro atoms. The molecular formula is C14H19N5O3. The molecule has 1 N–H and O–H groups in total. The molecule has 0 radical (unpaired) electrons. The molecule has 0 aliphatic heterocycles. The lowest BCUT2D eigenvalue weighted by atomic mass is 10.4. The Morgan fingerprint density at radius 2 is 2.09 bits per heavy atom.